The monoisotopic (exact) mass is 309 g/mol. The van der Waals surface area contributed by atoms with E-state index in [4.69, 9.17) is 16.3 Å². The van der Waals surface area contributed by atoms with Crippen LogP contribution in [0.15, 0.2) is 35.5 Å². The molecule has 6 heteroatoms. The molecule has 20 heavy (non-hydrogen) atoms. The third-order valence-electron chi connectivity index (χ3n) is 2.75. The summed E-state index contributed by atoms with van der Waals surface area (Å²) >= 11 is 7.41. The average Bonchev–Trinajstić information content (AvgIpc) is 2.47. The van der Waals surface area contributed by atoms with Gasteiger partial charge in [0, 0.05) is 12.6 Å². The third-order valence-corrected chi connectivity index (χ3v) is 3.49. The van der Waals surface area contributed by atoms with Gasteiger partial charge in [0.05, 0.1) is 7.11 Å². The number of halogens is 1. The Morgan fingerprint density at radius 2 is 2.10 bits per heavy atom. The first-order valence-electron chi connectivity index (χ1n) is 6.17. The van der Waals surface area contributed by atoms with Gasteiger partial charge in [-0.3, -0.25) is 0 Å². The summed E-state index contributed by atoms with van der Waals surface area (Å²) in [5.74, 6) is 1.64. The number of hydrogen-bond acceptors (Lipinski definition) is 5. The lowest BCUT2D eigenvalue weighted by Gasteiger charge is -2.10. The Morgan fingerprint density at radius 3 is 2.85 bits per heavy atom. The Balaban J connectivity index is 1.97. The van der Waals surface area contributed by atoms with Crippen molar-refractivity contribution in [2.24, 2.45) is 0 Å². The molecule has 1 N–H and O–H groups in total. The topological polar surface area (TPSA) is 47.0 Å². The summed E-state index contributed by atoms with van der Waals surface area (Å²) in [6.45, 7) is 0.752. The quantitative estimate of drug-likeness (QED) is 0.502. The molecule has 0 fully saturated rings. The molecule has 1 aromatic heterocycles. The maximum Gasteiger partial charge on any atom is 0.190 e. The molecule has 0 aliphatic rings. The van der Waals surface area contributed by atoms with E-state index in [-0.39, 0.29) is 0 Å². The number of anilines is 1. The summed E-state index contributed by atoms with van der Waals surface area (Å²) in [6.07, 6.45) is 2.77. The first kappa shape index (κ1) is 14.9. The number of nitrogens with zero attached hydrogens (tertiary/aromatic N) is 2. The van der Waals surface area contributed by atoms with E-state index in [9.17, 15) is 0 Å². The Bertz CT molecular complexity index is 580. The van der Waals surface area contributed by atoms with Gasteiger partial charge < -0.3 is 10.1 Å². The smallest absolute Gasteiger partial charge is 0.190 e. The van der Waals surface area contributed by atoms with Crippen LogP contribution in [0.5, 0.6) is 5.75 Å². The Morgan fingerprint density at radius 1 is 1.30 bits per heavy atom. The van der Waals surface area contributed by atoms with Crippen molar-refractivity contribution in [3.05, 3.63) is 41.0 Å². The van der Waals surface area contributed by atoms with Crippen LogP contribution in [0.3, 0.4) is 0 Å². The van der Waals surface area contributed by atoms with Crippen molar-refractivity contribution in [1.82, 2.24) is 9.97 Å². The molecule has 0 aliphatic carbocycles. The van der Waals surface area contributed by atoms with Crippen LogP contribution in [0.4, 0.5) is 5.82 Å². The van der Waals surface area contributed by atoms with Gasteiger partial charge in [-0.05, 0) is 24.3 Å². The molecule has 0 amide bonds. The maximum absolute atomic E-state index is 5.95. The molecule has 0 saturated carbocycles. The van der Waals surface area contributed by atoms with E-state index >= 15 is 0 Å². The lowest BCUT2D eigenvalue weighted by molar-refractivity contribution is 0.410. The number of nitrogens with one attached hydrogen (secondary N) is 1. The Kier molecular flexibility index (Phi) is 5.49. The van der Waals surface area contributed by atoms with Gasteiger partial charge in [-0.2, -0.15) is 0 Å². The fourth-order valence-electron chi connectivity index (χ4n) is 1.81. The van der Waals surface area contributed by atoms with Gasteiger partial charge in [0.25, 0.3) is 0 Å². The van der Waals surface area contributed by atoms with Crippen molar-refractivity contribution < 1.29 is 4.74 Å². The molecule has 0 unspecified atom stereocenters. The molecule has 0 spiro atoms. The van der Waals surface area contributed by atoms with E-state index in [0.29, 0.717) is 10.3 Å². The lowest BCUT2D eigenvalue weighted by Crippen LogP contribution is -2.08. The van der Waals surface area contributed by atoms with Crippen molar-refractivity contribution >= 4 is 29.2 Å². The molecular weight excluding hydrogens is 294 g/mol. The van der Waals surface area contributed by atoms with E-state index in [1.807, 2.05) is 24.5 Å². The summed E-state index contributed by atoms with van der Waals surface area (Å²) < 4.78 is 5.33. The fourth-order valence-corrected chi connectivity index (χ4v) is 2.43. The molecular formula is C14H16ClN3OS. The number of hydrogen-bond donors (Lipinski definition) is 1. The zero-order valence-corrected chi connectivity index (χ0v) is 13.0. The van der Waals surface area contributed by atoms with Crippen molar-refractivity contribution in [2.75, 3.05) is 25.2 Å². The summed E-state index contributed by atoms with van der Waals surface area (Å²) in [4.78, 5) is 8.45. The van der Waals surface area contributed by atoms with Gasteiger partial charge in [0.2, 0.25) is 0 Å². The Labute approximate surface area is 127 Å². The molecule has 1 heterocycles. The molecule has 1 aromatic carbocycles. The molecule has 0 atom stereocenters. The maximum atomic E-state index is 5.95. The fraction of sp³-hybridized carbons (Fsp3) is 0.286. The molecule has 2 rings (SSSR count). The normalized spacial score (nSPS) is 10.3. The molecule has 0 aliphatic heterocycles. The van der Waals surface area contributed by atoms with Gasteiger partial charge in [0.1, 0.15) is 16.7 Å². The predicted molar refractivity (Wildman–Crippen MR) is 84.0 cm³/mol. The first-order valence-corrected chi connectivity index (χ1v) is 7.77. The number of aromatic nitrogens is 2. The van der Waals surface area contributed by atoms with Crippen LogP contribution in [0.25, 0.3) is 0 Å². The molecule has 4 nitrogen and oxygen atoms in total. The second-order valence-electron chi connectivity index (χ2n) is 4.05. The minimum Gasteiger partial charge on any atom is -0.496 e. The SMILES string of the molecule is COc1ccccc1CCNc1cc(Cl)nc(SC)n1. The number of rotatable bonds is 6. The van der Waals surface area contributed by atoms with Gasteiger partial charge in [-0.1, -0.05) is 41.6 Å². The van der Waals surface area contributed by atoms with Crippen LogP contribution in [0.2, 0.25) is 5.15 Å². The van der Waals surface area contributed by atoms with Crippen molar-refractivity contribution in [3.63, 3.8) is 0 Å². The van der Waals surface area contributed by atoms with Crippen LogP contribution in [0.1, 0.15) is 5.56 Å². The summed E-state index contributed by atoms with van der Waals surface area (Å²) in [5, 5.41) is 4.37. The predicted octanol–water partition coefficient (Wildman–Crippen LogP) is 3.52. The van der Waals surface area contributed by atoms with Crippen LogP contribution >= 0.6 is 23.4 Å². The first-order chi connectivity index (χ1) is 9.72. The van der Waals surface area contributed by atoms with E-state index in [1.54, 1.807) is 13.2 Å². The van der Waals surface area contributed by atoms with E-state index < -0.39 is 0 Å². The Hall–Kier alpha value is -1.46. The van der Waals surface area contributed by atoms with Crippen LogP contribution in [-0.4, -0.2) is 29.9 Å². The van der Waals surface area contributed by atoms with Crippen molar-refractivity contribution in [1.29, 1.82) is 0 Å². The van der Waals surface area contributed by atoms with E-state index in [0.717, 1.165) is 30.1 Å². The molecule has 0 radical (unpaired) electrons. The summed E-state index contributed by atoms with van der Waals surface area (Å²) in [7, 11) is 1.68. The number of para-hydroxylation sites is 1. The summed E-state index contributed by atoms with van der Waals surface area (Å²) in [6, 6.07) is 9.71. The lowest BCUT2D eigenvalue weighted by atomic mass is 10.1. The van der Waals surface area contributed by atoms with Gasteiger partial charge in [0.15, 0.2) is 5.16 Å². The largest absolute Gasteiger partial charge is 0.496 e. The van der Waals surface area contributed by atoms with Crippen molar-refractivity contribution in [3.8, 4) is 5.75 Å². The summed E-state index contributed by atoms with van der Waals surface area (Å²) in [5.41, 5.74) is 1.16. The zero-order chi connectivity index (χ0) is 14.4. The van der Waals surface area contributed by atoms with E-state index in [2.05, 4.69) is 21.4 Å². The van der Waals surface area contributed by atoms with Gasteiger partial charge in [-0.25, -0.2) is 9.97 Å². The standard InChI is InChI=1S/C14H16ClN3OS/c1-19-11-6-4-3-5-10(11)7-8-16-13-9-12(15)17-14(18-13)20-2/h3-6,9H,7-8H2,1-2H3,(H,16,17,18). The van der Waals surface area contributed by atoms with Crippen LogP contribution < -0.4 is 10.1 Å². The highest BCUT2D eigenvalue weighted by atomic mass is 35.5. The zero-order valence-electron chi connectivity index (χ0n) is 11.4. The number of ether oxygens (including phenoxy) is 1. The van der Waals surface area contributed by atoms with Crippen LogP contribution in [0, 0.1) is 0 Å². The van der Waals surface area contributed by atoms with Crippen LogP contribution in [-0.2, 0) is 6.42 Å². The second-order valence-corrected chi connectivity index (χ2v) is 5.21. The molecule has 0 bridgehead atoms. The molecule has 2 aromatic rings. The number of methoxy groups -OCH3 is 1. The number of thioether (sulfide) groups is 1. The van der Waals surface area contributed by atoms with Gasteiger partial charge >= 0.3 is 0 Å². The minimum atomic E-state index is 0.448. The van der Waals surface area contributed by atoms with E-state index in [1.165, 1.54) is 11.8 Å². The molecule has 0 saturated heterocycles. The highest BCUT2D eigenvalue weighted by molar-refractivity contribution is 7.98. The minimum absolute atomic E-state index is 0.448. The highest BCUT2D eigenvalue weighted by Gasteiger charge is 2.04. The second kappa shape index (κ2) is 7.36. The number of benzene rings is 1. The third kappa shape index (κ3) is 4.02. The average molecular weight is 310 g/mol. The highest BCUT2D eigenvalue weighted by Crippen LogP contribution is 2.19. The van der Waals surface area contributed by atoms with Gasteiger partial charge in [-0.15, -0.1) is 0 Å². The van der Waals surface area contributed by atoms with Crippen molar-refractivity contribution in [2.45, 2.75) is 11.6 Å². The molecule has 106 valence electrons.